The number of ether oxygens (including phenoxy) is 3. The minimum atomic E-state index is -0.468. The maximum absolute atomic E-state index is 12.0. The third-order valence-corrected chi connectivity index (χ3v) is 4.11. The highest BCUT2D eigenvalue weighted by molar-refractivity contribution is 5.83. The van der Waals surface area contributed by atoms with Gasteiger partial charge >= 0.3 is 5.97 Å². The summed E-state index contributed by atoms with van der Waals surface area (Å²) in [6, 6.07) is 30.0. The van der Waals surface area contributed by atoms with Crippen molar-refractivity contribution in [3.05, 3.63) is 97.1 Å². The second kappa shape index (κ2) is 8.27. The monoisotopic (exact) mass is 370 g/mol. The first kappa shape index (κ1) is 17.6. The molecule has 0 fully saturated rings. The summed E-state index contributed by atoms with van der Waals surface area (Å²) in [5.41, 5.74) is 0. The molecular formula is C24H18O4. The molecule has 4 heteroatoms. The van der Waals surface area contributed by atoms with E-state index < -0.39 is 5.97 Å². The molecule has 28 heavy (non-hydrogen) atoms. The molecule has 0 spiro atoms. The molecule has 0 atom stereocenters. The van der Waals surface area contributed by atoms with E-state index in [9.17, 15) is 4.79 Å². The average molecular weight is 370 g/mol. The number of carbonyl (C=O) groups is 1. The quantitative estimate of drug-likeness (QED) is 0.327. The Bertz CT molecular complexity index is 1070. The molecular weight excluding hydrogens is 352 g/mol. The zero-order chi connectivity index (χ0) is 19.2. The molecule has 0 aromatic heterocycles. The number of rotatable bonds is 6. The summed E-state index contributed by atoms with van der Waals surface area (Å²) < 4.78 is 16.6. The van der Waals surface area contributed by atoms with E-state index in [1.807, 2.05) is 72.8 Å². The maximum atomic E-state index is 12.0. The van der Waals surface area contributed by atoms with E-state index in [-0.39, 0.29) is 6.61 Å². The zero-order valence-corrected chi connectivity index (χ0v) is 15.1. The molecule has 0 bridgehead atoms. The maximum Gasteiger partial charge on any atom is 0.349 e. The summed E-state index contributed by atoms with van der Waals surface area (Å²) in [6.07, 6.45) is 0. The van der Waals surface area contributed by atoms with Crippen LogP contribution in [0.4, 0.5) is 0 Å². The normalized spacial score (nSPS) is 10.4. The standard InChI is InChI=1S/C24H18O4/c25-24(17-26-23-11-10-18-6-4-5-7-19(18)16-23)28-22-14-12-21(13-15-22)27-20-8-2-1-3-9-20/h1-16H,17H2. The molecule has 0 N–H and O–H groups in total. The number of para-hydroxylation sites is 1. The predicted molar refractivity (Wildman–Crippen MR) is 108 cm³/mol. The van der Waals surface area contributed by atoms with Gasteiger partial charge in [0.1, 0.15) is 23.0 Å². The fourth-order valence-corrected chi connectivity index (χ4v) is 2.76. The molecule has 0 saturated carbocycles. The van der Waals surface area contributed by atoms with E-state index in [0.717, 1.165) is 16.5 Å². The van der Waals surface area contributed by atoms with Crippen molar-refractivity contribution in [2.75, 3.05) is 6.61 Å². The molecule has 4 aromatic rings. The molecule has 4 nitrogen and oxygen atoms in total. The lowest BCUT2D eigenvalue weighted by atomic mass is 10.1. The van der Waals surface area contributed by atoms with Crippen LogP contribution in [0.2, 0.25) is 0 Å². The van der Waals surface area contributed by atoms with Crippen LogP contribution in [-0.4, -0.2) is 12.6 Å². The van der Waals surface area contributed by atoms with E-state index >= 15 is 0 Å². The highest BCUT2D eigenvalue weighted by Gasteiger charge is 2.07. The molecule has 0 radical (unpaired) electrons. The topological polar surface area (TPSA) is 44.8 Å². The van der Waals surface area contributed by atoms with Gasteiger partial charge in [0.2, 0.25) is 0 Å². The summed E-state index contributed by atoms with van der Waals surface area (Å²) in [5, 5.41) is 2.18. The predicted octanol–water partition coefficient (Wildman–Crippen LogP) is 5.62. The largest absolute Gasteiger partial charge is 0.482 e. The number of benzene rings is 4. The van der Waals surface area contributed by atoms with Gasteiger partial charge in [-0.25, -0.2) is 4.79 Å². The van der Waals surface area contributed by atoms with Crippen LogP contribution < -0.4 is 14.2 Å². The fraction of sp³-hybridized carbons (Fsp3) is 0.0417. The average Bonchev–Trinajstić information content (AvgIpc) is 2.74. The molecule has 0 aliphatic heterocycles. The van der Waals surface area contributed by atoms with Gasteiger partial charge in [0.05, 0.1) is 0 Å². The number of fused-ring (bicyclic) bond motifs is 1. The Labute approximate surface area is 162 Å². The Balaban J connectivity index is 1.31. The van der Waals surface area contributed by atoms with Crippen molar-refractivity contribution in [1.82, 2.24) is 0 Å². The van der Waals surface area contributed by atoms with E-state index in [0.29, 0.717) is 17.2 Å². The lowest BCUT2D eigenvalue weighted by Crippen LogP contribution is -2.17. The van der Waals surface area contributed by atoms with Gasteiger partial charge in [-0.3, -0.25) is 0 Å². The third-order valence-electron chi connectivity index (χ3n) is 4.11. The van der Waals surface area contributed by atoms with Crippen LogP contribution in [-0.2, 0) is 4.79 Å². The van der Waals surface area contributed by atoms with Crippen molar-refractivity contribution in [2.45, 2.75) is 0 Å². The fourth-order valence-electron chi connectivity index (χ4n) is 2.76. The number of hydrogen-bond donors (Lipinski definition) is 0. The van der Waals surface area contributed by atoms with Crippen LogP contribution in [0.5, 0.6) is 23.0 Å². The number of carbonyl (C=O) groups excluding carboxylic acids is 1. The summed E-state index contributed by atoms with van der Waals surface area (Å²) in [5.74, 6) is 2.01. The number of hydrogen-bond acceptors (Lipinski definition) is 4. The van der Waals surface area contributed by atoms with Gasteiger partial charge < -0.3 is 14.2 Å². The van der Waals surface area contributed by atoms with E-state index in [1.54, 1.807) is 24.3 Å². The van der Waals surface area contributed by atoms with Crippen molar-refractivity contribution < 1.29 is 19.0 Å². The van der Waals surface area contributed by atoms with Crippen molar-refractivity contribution >= 4 is 16.7 Å². The summed E-state index contributed by atoms with van der Waals surface area (Å²) in [7, 11) is 0. The molecule has 0 unspecified atom stereocenters. The zero-order valence-electron chi connectivity index (χ0n) is 15.1. The minimum absolute atomic E-state index is 0.166. The Morgan fingerprint density at radius 3 is 2.00 bits per heavy atom. The Hall–Kier alpha value is -3.79. The van der Waals surface area contributed by atoms with Crippen LogP contribution in [0.3, 0.4) is 0 Å². The SMILES string of the molecule is O=C(COc1ccc2ccccc2c1)Oc1ccc(Oc2ccccc2)cc1. The van der Waals surface area contributed by atoms with Crippen molar-refractivity contribution in [3.63, 3.8) is 0 Å². The van der Waals surface area contributed by atoms with Gasteiger partial charge in [0.25, 0.3) is 0 Å². The Kier molecular flexibility index (Phi) is 5.20. The molecule has 0 heterocycles. The smallest absolute Gasteiger partial charge is 0.349 e. The van der Waals surface area contributed by atoms with Crippen molar-refractivity contribution in [2.24, 2.45) is 0 Å². The van der Waals surface area contributed by atoms with Gasteiger partial charge in [-0.1, -0.05) is 48.5 Å². The van der Waals surface area contributed by atoms with Crippen molar-refractivity contribution in [1.29, 1.82) is 0 Å². The van der Waals surface area contributed by atoms with Gasteiger partial charge in [0, 0.05) is 0 Å². The lowest BCUT2D eigenvalue weighted by Gasteiger charge is -2.09. The Morgan fingerprint density at radius 1 is 0.607 bits per heavy atom. The highest BCUT2D eigenvalue weighted by atomic mass is 16.6. The van der Waals surface area contributed by atoms with Gasteiger partial charge in [-0.05, 0) is 59.3 Å². The summed E-state index contributed by atoms with van der Waals surface area (Å²) in [4.78, 5) is 12.0. The molecule has 0 aliphatic carbocycles. The molecule has 138 valence electrons. The van der Waals surface area contributed by atoms with Gasteiger partial charge in [-0.15, -0.1) is 0 Å². The molecule has 4 aromatic carbocycles. The van der Waals surface area contributed by atoms with Gasteiger partial charge in [-0.2, -0.15) is 0 Å². The first-order chi connectivity index (χ1) is 13.8. The molecule has 0 aliphatic rings. The van der Waals surface area contributed by atoms with Crippen LogP contribution in [0.15, 0.2) is 97.1 Å². The number of esters is 1. The van der Waals surface area contributed by atoms with Crippen molar-refractivity contribution in [3.8, 4) is 23.0 Å². The van der Waals surface area contributed by atoms with Crippen LogP contribution in [0.1, 0.15) is 0 Å². The summed E-state index contributed by atoms with van der Waals surface area (Å²) in [6.45, 7) is -0.166. The molecule has 4 rings (SSSR count). The highest BCUT2D eigenvalue weighted by Crippen LogP contribution is 2.24. The van der Waals surface area contributed by atoms with Crippen LogP contribution >= 0.6 is 0 Å². The van der Waals surface area contributed by atoms with Crippen LogP contribution in [0.25, 0.3) is 10.8 Å². The van der Waals surface area contributed by atoms with E-state index in [4.69, 9.17) is 14.2 Å². The first-order valence-corrected chi connectivity index (χ1v) is 8.91. The minimum Gasteiger partial charge on any atom is -0.482 e. The Morgan fingerprint density at radius 2 is 1.21 bits per heavy atom. The first-order valence-electron chi connectivity index (χ1n) is 8.91. The lowest BCUT2D eigenvalue weighted by molar-refractivity contribution is -0.136. The second-order valence-corrected chi connectivity index (χ2v) is 6.16. The van der Waals surface area contributed by atoms with Crippen LogP contribution in [0, 0.1) is 0 Å². The van der Waals surface area contributed by atoms with E-state index in [2.05, 4.69) is 0 Å². The molecule has 0 amide bonds. The summed E-state index contributed by atoms with van der Waals surface area (Å²) >= 11 is 0. The molecule has 0 saturated heterocycles. The van der Waals surface area contributed by atoms with Gasteiger partial charge in [0.15, 0.2) is 6.61 Å². The third kappa shape index (κ3) is 4.48. The van der Waals surface area contributed by atoms with E-state index in [1.165, 1.54) is 0 Å². The second-order valence-electron chi connectivity index (χ2n) is 6.16.